The molecule has 1 amide bonds. The van der Waals surface area contributed by atoms with Crippen molar-refractivity contribution >= 4 is 5.91 Å². The third kappa shape index (κ3) is 4.69. The van der Waals surface area contributed by atoms with E-state index in [1.54, 1.807) is 12.5 Å². The second-order valence-corrected chi connectivity index (χ2v) is 6.03. The number of carbonyl (C=O) groups is 1. The van der Waals surface area contributed by atoms with Gasteiger partial charge in [0.25, 0.3) is 0 Å². The molecular formula is C17H27NO2. The maximum atomic E-state index is 12.1. The van der Waals surface area contributed by atoms with Gasteiger partial charge in [0.2, 0.25) is 5.91 Å². The summed E-state index contributed by atoms with van der Waals surface area (Å²) in [7, 11) is 0. The zero-order valence-electron chi connectivity index (χ0n) is 12.6. The van der Waals surface area contributed by atoms with Crippen molar-refractivity contribution in [2.75, 3.05) is 6.54 Å². The fraction of sp³-hybridized carbons (Fsp3) is 0.706. The van der Waals surface area contributed by atoms with Crippen LogP contribution in [0.25, 0.3) is 0 Å². The minimum absolute atomic E-state index is 0.247. The Morgan fingerprint density at radius 1 is 1.35 bits per heavy atom. The van der Waals surface area contributed by atoms with E-state index >= 15 is 0 Å². The molecule has 0 saturated heterocycles. The smallest absolute Gasteiger partial charge is 0.223 e. The molecule has 1 saturated carbocycles. The number of unbranched alkanes of at least 4 members (excludes halogenated alkanes) is 1. The van der Waals surface area contributed by atoms with Crippen LogP contribution in [0.15, 0.2) is 23.0 Å². The monoisotopic (exact) mass is 277 g/mol. The highest BCUT2D eigenvalue weighted by molar-refractivity contribution is 5.78. The predicted molar refractivity (Wildman–Crippen MR) is 80.4 cm³/mol. The van der Waals surface area contributed by atoms with Crippen LogP contribution in [0.4, 0.5) is 0 Å². The topological polar surface area (TPSA) is 42.2 Å². The standard InChI is InChI=1S/C17H27NO2/c1-2-3-4-14-5-7-16(8-6-14)17(19)18-11-9-15-10-12-20-13-15/h10,12-14,16H,2-9,11H2,1H3,(H,18,19). The zero-order valence-corrected chi connectivity index (χ0v) is 12.6. The van der Waals surface area contributed by atoms with Crippen LogP contribution in [0.3, 0.4) is 0 Å². The van der Waals surface area contributed by atoms with Gasteiger partial charge in [0.15, 0.2) is 0 Å². The summed E-state index contributed by atoms with van der Waals surface area (Å²) in [5, 5.41) is 3.07. The van der Waals surface area contributed by atoms with Crippen LogP contribution in [0.2, 0.25) is 0 Å². The minimum atomic E-state index is 0.247. The molecule has 0 aliphatic heterocycles. The van der Waals surface area contributed by atoms with Crippen molar-refractivity contribution in [1.82, 2.24) is 5.32 Å². The van der Waals surface area contributed by atoms with Crippen molar-refractivity contribution in [1.29, 1.82) is 0 Å². The lowest BCUT2D eigenvalue weighted by Gasteiger charge is -2.27. The molecule has 0 aromatic carbocycles. The van der Waals surface area contributed by atoms with E-state index in [0.29, 0.717) is 6.54 Å². The van der Waals surface area contributed by atoms with Crippen molar-refractivity contribution in [2.24, 2.45) is 11.8 Å². The lowest BCUT2D eigenvalue weighted by Crippen LogP contribution is -2.34. The molecule has 3 nitrogen and oxygen atoms in total. The number of carbonyl (C=O) groups excluding carboxylic acids is 1. The first-order valence-corrected chi connectivity index (χ1v) is 8.08. The van der Waals surface area contributed by atoms with Crippen LogP contribution in [0.1, 0.15) is 57.4 Å². The minimum Gasteiger partial charge on any atom is -0.472 e. The molecule has 2 rings (SSSR count). The van der Waals surface area contributed by atoms with Crippen molar-refractivity contribution < 1.29 is 9.21 Å². The molecule has 1 heterocycles. The molecule has 0 atom stereocenters. The Bertz CT molecular complexity index is 378. The Kier molecular flexibility index (Phi) is 6.16. The summed E-state index contributed by atoms with van der Waals surface area (Å²) in [5.41, 5.74) is 1.15. The van der Waals surface area contributed by atoms with Gasteiger partial charge in [-0.2, -0.15) is 0 Å². The van der Waals surface area contributed by atoms with E-state index in [-0.39, 0.29) is 11.8 Å². The third-order valence-electron chi connectivity index (χ3n) is 4.48. The summed E-state index contributed by atoms with van der Waals surface area (Å²) < 4.78 is 5.02. The van der Waals surface area contributed by atoms with Gasteiger partial charge in [-0.1, -0.05) is 26.2 Å². The van der Waals surface area contributed by atoms with E-state index < -0.39 is 0 Å². The summed E-state index contributed by atoms with van der Waals surface area (Å²) in [6.07, 6.45) is 12.9. The Balaban J connectivity index is 1.61. The molecule has 3 heteroatoms. The lowest BCUT2D eigenvalue weighted by molar-refractivity contribution is -0.126. The highest BCUT2D eigenvalue weighted by Crippen LogP contribution is 2.31. The molecule has 1 aromatic heterocycles. The average Bonchev–Trinajstić information content (AvgIpc) is 2.99. The highest BCUT2D eigenvalue weighted by atomic mass is 16.3. The normalized spacial score (nSPS) is 22.6. The van der Waals surface area contributed by atoms with Gasteiger partial charge < -0.3 is 9.73 Å². The number of amides is 1. The van der Waals surface area contributed by atoms with Crippen LogP contribution in [-0.2, 0) is 11.2 Å². The SMILES string of the molecule is CCCCC1CCC(C(=O)NCCc2ccoc2)CC1. The van der Waals surface area contributed by atoms with E-state index in [4.69, 9.17) is 4.42 Å². The first-order chi connectivity index (χ1) is 9.79. The molecule has 20 heavy (non-hydrogen) atoms. The van der Waals surface area contributed by atoms with Crippen molar-refractivity contribution in [3.63, 3.8) is 0 Å². The van der Waals surface area contributed by atoms with E-state index in [9.17, 15) is 4.79 Å². The van der Waals surface area contributed by atoms with Gasteiger partial charge in [0, 0.05) is 12.5 Å². The summed E-state index contributed by atoms with van der Waals surface area (Å²) in [5.74, 6) is 1.37. The number of furan rings is 1. The van der Waals surface area contributed by atoms with Gasteiger partial charge in [0.1, 0.15) is 0 Å². The van der Waals surface area contributed by atoms with Crippen molar-refractivity contribution in [3.05, 3.63) is 24.2 Å². The Morgan fingerprint density at radius 2 is 2.15 bits per heavy atom. The summed E-state index contributed by atoms with van der Waals surface area (Å²) in [6.45, 7) is 2.97. The molecule has 1 N–H and O–H groups in total. The number of nitrogens with one attached hydrogen (secondary N) is 1. The number of rotatable bonds is 7. The second-order valence-electron chi connectivity index (χ2n) is 6.03. The Labute approximate surface area is 122 Å². The first-order valence-electron chi connectivity index (χ1n) is 8.08. The molecule has 1 fully saturated rings. The van der Waals surface area contributed by atoms with Gasteiger partial charge in [-0.05, 0) is 49.7 Å². The lowest BCUT2D eigenvalue weighted by atomic mass is 9.79. The molecule has 112 valence electrons. The summed E-state index contributed by atoms with van der Waals surface area (Å²) >= 11 is 0. The highest BCUT2D eigenvalue weighted by Gasteiger charge is 2.25. The largest absolute Gasteiger partial charge is 0.472 e. The third-order valence-corrected chi connectivity index (χ3v) is 4.48. The van der Waals surface area contributed by atoms with Crippen LogP contribution < -0.4 is 5.32 Å². The van der Waals surface area contributed by atoms with Crippen LogP contribution in [0.5, 0.6) is 0 Å². The molecule has 0 bridgehead atoms. The molecule has 1 aliphatic rings. The summed E-state index contributed by atoms with van der Waals surface area (Å²) in [6, 6.07) is 1.95. The quantitative estimate of drug-likeness (QED) is 0.820. The first kappa shape index (κ1) is 15.1. The van der Waals surface area contributed by atoms with Crippen LogP contribution in [0, 0.1) is 11.8 Å². The number of hydrogen-bond acceptors (Lipinski definition) is 2. The van der Waals surface area contributed by atoms with Gasteiger partial charge >= 0.3 is 0 Å². The molecule has 1 aliphatic carbocycles. The molecular weight excluding hydrogens is 250 g/mol. The molecule has 1 aromatic rings. The maximum absolute atomic E-state index is 12.1. The van der Waals surface area contributed by atoms with Gasteiger partial charge in [-0.3, -0.25) is 4.79 Å². The maximum Gasteiger partial charge on any atom is 0.223 e. The van der Waals surface area contributed by atoms with Crippen LogP contribution >= 0.6 is 0 Å². The fourth-order valence-electron chi connectivity index (χ4n) is 3.12. The zero-order chi connectivity index (χ0) is 14.2. The van der Waals surface area contributed by atoms with Crippen LogP contribution in [-0.4, -0.2) is 12.5 Å². The molecule has 0 spiro atoms. The second kappa shape index (κ2) is 8.13. The van der Waals surface area contributed by atoms with Crippen molar-refractivity contribution in [2.45, 2.75) is 58.3 Å². The van der Waals surface area contributed by atoms with E-state index in [1.807, 2.05) is 6.07 Å². The Hall–Kier alpha value is -1.25. The predicted octanol–water partition coefficient (Wildman–Crippen LogP) is 3.93. The Morgan fingerprint density at radius 3 is 2.80 bits per heavy atom. The fourth-order valence-corrected chi connectivity index (χ4v) is 3.12. The average molecular weight is 277 g/mol. The summed E-state index contributed by atoms with van der Waals surface area (Å²) in [4.78, 5) is 12.1. The van der Waals surface area contributed by atoms with E-state index in [1.165, 1.54) is 32.1 Å². The van der Waals surface area contributed by atoms with E-state index in [0.717, 1.165) is 30.7 Å². The van der Waals surface area contributed by atoms with Gasteiger partial charge in [0.05, 0.1) is 12.5 Å². The number of hydrogen-bond donors (Lipinski definition) is 1. The molecule has 0 radical (unpaired) electrons. The van der Waals surface area contributed by atoms with E-state index in [2.05, 4.69) is 12.2 Å². The molecule has 0 unspecified atom stereocenters. The van der Waals surface area contributed by atoms with Crippen molar-refractivity contribution in [3.8, 4) is 0 Å². The van der Waals surface area contributed by atoms with Gasteiger partial charge in [-0.15, -0.1) is 0 Å². The van der Waals surface area contributed by atoms with Gasteiger partial charge in [-0.25, -0.2) is 0 Å².